The minimum absolute atomic E-state index is 0.00599. The molecule has 4 nitrogen and oxygen atoms in total. The second kappa shape index (κ2) is 7.26. The van der Waals surface area contributed by atoms with Crippen molar-refractivity contribution in [3.8, 4) is 5.75 Å². The van der Waals surface area contributed by atoms with E-state index < -0.39 is 0 Å². The van der Waals surface area contributed by atoms with Crippen LogP contribution in [0.4, 0.5) is 11.4 Å². The Kier molecular flexibility index (Phi) is 4.55. The van der Waals surface area contributed by atoms with Crippen LogP contribution in [0.15, 0.2) is 81.8 Å². The Morgan fingerprint density at radius 3 is 2.63 bits per heavy atom. The highest BCUT2D eigenvalue weighted by molar-refractivity contribution is 9.10. The standard InChI is InChI=1S/C25H19BrN2O2/c1-15(29)28-14-21-24(16-6-5-7-17(26)12-16)20-13-18(30-2)10-11-19(20)25(21)27-22-8-3-4-9-23(22)28/h3-13H,14H2,1-2H3. The average Bonchev–Trinajstić information content (AvgIpc) is 2.93. The number of ether oxygens (including phenoxy) is 1. The summed E-state index contributed by atoms with van der Waals surface area (Å²) in [6, 6.07) is 22.1. The van der Waals surface area contributed by atoms with Crippen LogP contribution in [0.2, 0.25) is 0 Å². The Bertz CT molecular complexity index is 1260. The maximum atomic E-state index is 12.6. The first kappa shape index (κ1) is 18.8. The van der Waals surface area contributed by atoms with E-state index in [1.807, 2.05) is 47.4 Å². The maximum Gasteiger partial charge on any atom is 0.224 e. The smallest absolute Gasteiger partial charge is 0.224 e. The summed E-state index contributed by atoms with van der Waals surface area (Å²) in [5, 5.41) is 0. The number of carbonyl (C=O) groups excluding carboxylic acids is 1. The van der Waals surface area contributed by atoms with Gasteiger partial charge in [0.05, 0.1) is 30.7 Å². The highest BCUT2D eigenvalue weighted by Gasteiger charge is 2.33. The van der Waals surface area contributed by atoms with Gasteiger partial charge in [-0.2, -0.15) is 0 Å². The van der Waals surface area contributed by atoms with Gasteiger partial charge in [-0.3, -0.25) is 4.79 Å². The molecule has 5 heteroatoms. The summed E-state index contributed by atoms with van der Waals surface area (Å²) in [6.45, 7) is 2.07. The van der Waals surface area contributed by atoms with Gasteiger partial charge < -0.3 is 9.64 Å². The zero-order valence-electron chi connectivity index (χ0n) is 16.6. The summed E-state index contributed by atoms with van der Waals surface area (Å²) in [7, 11) is 1.67. The van der Waals surface area contributed by atoms with Gasteiger partial charge in [0, 0.05) is 22.5 Å². The van der Waals surface area contributed by atoms with Crippen LogP contribution in [0.1, 0.15) is 23.6 Å². The van der Waals surface area contributed by atoms with Gasteiger partial charge in [-0.15, -0.1) is 0 Å². The molecular formula is C25H19BrN2O2. The van der Waals surface area contributed by atoms with Crippen LogP contribution < -0.4 is 9.64 Å². The molecule has 30 heavy (non-hydrogen) atoms. The van der Waals surface area contributed by atoms with E-state index >= 15 is 0 Å². The van der Waals surface area contributed by atoms with Crippen LogP contribution in [0, 0.1) is 0 Å². The Morgan fingerprint density at radius 2 is 1.87 bits per heavy atom. The van der Waals surface area contributed by atoms with Gasteiger partial charge in [0.15, 0.2) is 0 Å². The van der Waals surface area contributed by atoms with Gasteiger partial charge in [-0.05, 0) is 59.2 Å². The molecule has 0 bridgehead atoms. The Balaban J connectivity index is 1.84. The lowest BCUT2D eigenvalue weighted by Gasteiger charge is -2.22. The number of carbonyl (C=O) groups is 1. The monoisotopic (exact) mass is 458 g/mol. The first-order valence-electron chi connectivity index (χ1n) is 9.71. The molecule has 0 N–H and O–H groups in total. The van der Waals surface area contributed by atoms with Crippen molar-refractivity contribution in [3.63, 3.8) is 0 Å². The lowest BCUT2D eigenvalue weighted by Crippen LogP contribution is -2.31. The third-order valence-electron chi connectivity index (χ3n) is 5.55. The highest BCUT2D eigenvalue weighted by atomic mass is 79.9. The molecule has 0 atom stereocenters. The van der Waals surface area contributed by atoms with Gasteiger partial charge in [-0.25, -0.2) is 4.99 Å². The van der Waals surface area contributed by atoms with Crippen LogP contribution in [-0.4, -0.2) is 25.3 Å². The topological polar surface area (TPSA) is 41.9 Å². The van der Waals surface area contributed by atoms with Gasteiger partial charge in [0.25, 0.3) is 0 Å². The number of halogens is 1. The lowest BCUT2D eigenvalue weighted by atomic mass is 9.97. The van der Waals surface area contributed by atoms with E-state index in [-0.39, 0.29) is 5.91 Å². The summed E-state index contributed by atoms with van der Waals surface area (Å²) in [4.78, 5) is 19.4. The summed E-state index contributed by atoms with van der Waals surface area (Å²) < 4.78 is 6.51. The van der Waals surface area contributed by atoms with Gasteiger partial charge in [0.2, 0.25) is 5.91 Å². The second-order valence-electron chi connectivity index (χ2n) is 7.33. The summed E-state index contributed by atoms with van der Waals surface area (Å²) in [5.41, 5.74) is 7.89. The Morgan fingerprint density at radius 1 is 1.03 bits per heavy atom. The van der Waals surface area contributed by atoms with Crippen molar-refractivity contribution in [1.29, 1.82) is 0 Å². The number of hydrogen-bond acceptors (Lipinski definition) is 3. The molecule has 3 aromatic carbocycles. The number of para-hydroxylation sites is 2. The third-order valence-corrected chi connectivity index (χ3v) is 6.05. The van der Waals surface area contributed by atoms with Crippen molar-refractivity contribution in [2.45, 2.75) is 6.92 Å². The first-order chi connectivity index (χ1) is 14.6. The summed E-state index contributed by atoms with van der Waals surface area (Å²) in [6.07, 6.45) is 0. The van der Waals surface area contributed by atoms with E-state index in [2.05, 4.69) is 40.2 Å². The summed E-state index contributed by atoms with van der Waals surface area (Å²) >= 11 is 3.60. The molecular weight excluding hydrogens is 440 g/mol. The van der Waals surface area contributed by atoms with Crippen LogP contribution >= 0.6 is 15.9 Å². The number of aliphatic imine (C=N–C) groups is 1. The van der Waals surface area contributed by atoms with Crippen molar-refractivity contribution in [3.05, 3.63) is 93.5 Å². The fourth-order valence-electron chi connectivity index (χ4n) is 4.19. The molecule has 1 aliphatic heterocycles. The maximum absolute atomic E-state index is 12.6. The molecule has 0 spiro atoms. The van der Waals surface area contributed by atoms with Crippen LogP contribution in [0.25, 0.3) is 5.57 Å². The molecule has 3 aromatic rings. The van der Waals surface area contributed by atoms with Crippen LogP contribution in [-0.2, 0) is 4.79 Å². The van der Waals surface area contributed by atoms with Crippen LogP contribution in [0.3, 0.4) is 0 Å². The third kappa shape index (κ3) is 2.97. The Hall–Kier alpha value is -3.18. The second-order valence-corrected chi connectivity index (χ2v) is 8.25. The molecule has 1 heterocycles. The molecule has 0 fully saturated rings. The average molecular weight is 459 g/mol. The number of amides is 1. The highest BCUT2D eigenvalue weighted by Crippen LogP contribution is 2.44. The molecule has 0 radical (unpaired) electrons. The zero-order valence-corrected chi connectivity index (χ0v) is 18.2. The van der Waals surface area contributed by atoms with E-state index in [0.717, 1.165) is 55.1 Å². The predicted molar refractivity (Wildman–Crippen MR) is 124 cm³/mol. The van der Waals surface area contributed by atoms with E-state index in [1.165, 1.54) is 0 Å². The minimum Gasteiger partial charge on any atom is -0.497 e. The molecule has 148 valence electrons. The van der Waals surface area contributed by atoms with E-state index in [0.29, 0.717) is 6.54 Å². The normalized spacial score (nSPS) is 14.5. The number of anilines is 1. The van der Waals surface area contributed by atoms with E-state index in [4.69, 9.17) is 9.73 Å². The van der Waals surface area contributed by atoms with Gasteiger partial charge >= 0.3 is 0 Å². The fourth-order valence-corrected chi connectivity index (χ4v) is 4.59. The van der Waals surface area contributed by atoms with Crippen molar-refractivity contribution in [2.24, 2.45) is 4.99 Å². The quantitative estimate of drug-likeness (QED) is 0.489. The number of rotatable bonds is 2. The molecule has 0 aromatic heterocycles. The molecule has 1 aliphatic carbocycles. The van der Waals surface area contributed by atoms with Crippen LogP contribution in [0.5, 0.6) is 5.75 Å². The Labute approximate surface area is 183 Å². The number of hydrogen-bond donors (Lipinski definition) is 0. The number of methoxy groups -OCH3 is 1. The molecule has 0 unspecified atom stereocenters. The van der Waals surface area contributed by atoms with Crippen molar-refractivity contribution in [1.82, 2.24) is 0 Å². The molecule has 0 saturated carbocycles. The van der Waals surface area contributed by atoms with Gasteiger partial charge in [0.1, 0.15) is 5.75 Å². The largest absolute Gasteiger partial charge is 0.497 e. The molecule has 2 aliphatic rings. The predicted octanol–water partition coefficient (Wildman–Crippen LogP) is 5.76. The van der Waals surface area contributed by atoms with E-state index in [9.17, 15) is 4.79 Å². The minimum atomic E-state index is -0.00599. The molecule has 0 saturated heterocycles. The first-order valence-corrected chi connectivity index (χ1v) is 10.5. The number of nitrogens with zero attached hydrogens (tertiary/aromatic N) is 2. The lowest BCUT2D eigenvalue weighted by molar-refractivity contribution is -0.116. The van der Waals surface area contributed by atoms with Gasteiger partial charge in [-0.1, -0.05) is 40.2 Å². The van der Waals surface area contributed by atoms with E-state index in [1.54, 1.807) is 14.0 Å². The number of benzene rings is 3. The van der Waals surface area contributed by atoms with Crippen molar-refractivity contribution in [2.75, 3.05) is 18.6 Å². The summed E-state index contributed by atoms with van der Waals surface area (Å²) in [5.74, 6) is 0.788. The molecule has 1 amide bonds. The fraction of sp³-hybridized carbons (Fsp3) is 0.120. The molecule has 5 rings (SSSR count). The number of fused-ring (bicyclic) bond motifs is 4. The van der Waals surface area contributed by atoms with Crippen molar-refractivity contribution < 1.29 is 9.53 Å². The van der Waals surface area contributed by atoms with Crippen molar-refractivity contribution >= 4 is 44.5 Å². The SMILES string of the molecule is COc1ccc2c(c1)C(c1cccc(Br)c1)=C1CN(C(C)=O)c3ccccc3N=C12. The zero-order chi connectivity index (χ0) is 20.8.